The van der Waals surface area contributed by atoms with E-state index in [0.717, 1.165) is 16.6 Å². The molecule has 1 aromatic rings. The maximum Gasteiger partial charge on any atom is 0.158 e. The van der Waals surface area contributed by atoms with E-state index >= 15 is 0 Å². The van der Waals surface area contributed by atoms with E-state index < -0.39 is 0 Å². The summed E-state index contributed by atoms with van der Waals surface area (Å²) in [5, 5.41) is 3.93. The van der Waals surface area contributed by atoms with Crippen molar-refractivity contribution in [2.45, 2.75) is 19.4 Å². The van der Waals surface area contributed by atoms with Crippen LogP contribution in [0, 0.1) is 0 Å². The van der Waals surface area contributed by atoms with Crippen LogP contribution in [0.4, 0.5) is 0 Å². The molecule has 0 bridgehead atoms. The summed E-state index contributed by atoms with van der Waals surface area (Å²) in [6.07, 6.45) is 0.985. The molecule has 0 saturated heterocycles. The molecule has 1 aliphatic heterocycles. The SMILES string of the molecule is CC1=NO[C@@H](c2ccccc2Br)C1. The number of halogens is 1. The molecule has 1 atom stereocenters. The highest BCUT2D eigenvalue weighted by Crippen LogP contribution is 2.31. The van der Waals surface area contributed by atoms with Crippen molar-refractivity contribution in [2.75, 3.05) is 0 Å². The second-order valence-electron chi connectivity index (χ2n) is 3.15. The number of rotatable bonds is 1. The zero-order valence-corrected chi connectivity index (χ0v) is 8.91. The number of oxime groups is 1. The summed E-state index contributed by atoms with van der Waals surface area (Å²) in [4.78, 5) is 5.29. The number of hydrogen-bond acceptors (Lipinski definition) is 2. The fraction of sp³-hybridized carbons (Fsp3) is 0.300. The van der Waals surface area contributed by atoms with E-state index in [2.05, 4.69) is 27.2 Å². The minimum atomic E-state index is 0.0931. The summed E-state index contributed by atoms with van der Waals surface area (Å²) in [7, 11) is 0. The molecule has 1 heterocycles. The van der Waals surface area contributed by atoms with Crippen LogP contribution in [0.3, 0.4) is 0 Å². The van der Waals surface area contributed by atoms with Gasteiger partial charge >= 0.3 is 0 Å². The van der Waals surface area contributed by atoms with Gasteiger partial charge in [0.25, 0.3) is 0 Å². The van der Waals surface area contributed by atoms with E-state index in [9.17, 15) is 0 Å². The molecule has 1 aromatic carbocycles. The number of nitrogens with zero attached hydrogens (tertiary/aromatic N) is 1. The lowest BCUT2D eigenvalue weighted by Gasteiger charge is -2.09. The molecule has 0 radical (unpaired) electrons. The van der Waals surface area contributed by atoms with Crippen molar-refractivity contribution in [3.8, 4) is 0 Å². The minimum absolute atomic E-state index is 0.0931. The molecular weight excluding hydrogens is 230 g/mol. The van der Waals surface area contributed by atoms with Crippen molar-refractivity contribution >= 4 is 21.6 Å². The third-order valence-electron chi connectivity index (χ3n) is 2.07. The van der Waals surface area contributed by atoms with Gasteiger partial charge in [0.15, 0.2) is 6.10 Å². The van der Waals surface area contributed by atoms with Crippen LogP contribution in [0.25, 0.3) is 0 Å². The van der Waals surface area contributed by atoms with Gasteiger partial charge in [-0.05, 0) is 13.0 Å². The molecule has 2 rings (SSSR count). The number of hydrogen-bond donors (Lipinski definition) is 0. The van der Waals surface area contributed by atoms with E-state index in [1.807, 2.05) is 25.1 Å². The lowest BCUT2D eigenvalue weighted by atomic mass is 10.1. The van der Waals surface area contributed by atoms with Crippen LogP contribution in [0.2, 0.25) is 0 Å². The Morgan fingerprint density at radius 3 is 2.85 bits per heavy atom. The Morgan fingerprint density at radius 2 is 2.23 bits per heavy atom. The van der Waals surface area contributed by atoms with Gasteiger partial charge in [-0.2, -0.15) is 0 Å². The summed E-state index contributed by atoms with van der Waals surface area (Å²) in [5.74, 6) is 0. The lowest BCUT2D eigenvalue weighted by molar-refractivity contribution is 0.0852. The molecule has 0 unspecified atom stereocenters. The molecule has 0 aliphatic carbocycles. The van der Waals surface area contributed by atoms with E-state index in [4.69, 9.17) is 4.84 Å². The monoisotopic (exact) mass is 239 g/mol. The van der Waals surface area contributed by atoms with Crippen LogP contribution in [0.5, 0.6) is 0 Å². The Hall–Kier alpha value is -0.830. The minimum Gasteiger partial charge on any atom is -0.387 e. The van der Waals surface area contributed by atoms with Gasteiger partial charge in [0.2, 0.25) is 0 Å². The maximum absolute atomic E-state index is 5.29. The van der Waals surface area contributed by atoms with Crippen molar-refractivity contribution in [2.24, 2.45) is 5.16 Å². The van der Waals surface area contributed by atoms with Gasteiger partial charge in [0, 0.05) is 16.5 Å². The first-order valence-corrected chi connectivity index (χ1v) is 5.00. The highest BCUT2D eigenvalue weighted by atomic mass is 79.9. The quantitative estimate of drug-likeness (QED) is 0.738. The molecule has 13 heavy (non-hydrogen) atoms. The molecule has 1 aliphatic rings. The van der Waals surface area contributed by atoms with Crippen LogP contribution in [-0.4, -0.2) is 5.71 Å². The summed E-state index contributed by atoms with van der Waals surface area (Å²) in [6.45, 7) is 1.98. The highest BCUT2D eigenvalue weighted by Gasteiger charge is 2.21. The summed E-state index contributed by atoms with van der Waals surface area (Å²) in [5.41, 5.74) is 2.23. The molecule has 0 saturated carbocycles. The average Bonchev–Trinajstić information content (AvgIpc) is 2.53. The van der Waals surface area contributed by atoms with E-state index in [-0.39, 0.29) is 6.10 Å². The smallest absolute Gasteiger partial charge is 0.158 e. The topological polar surface area (TPSA) is 21.6 Å². The third-order valence-corrected chi connectivity index (χ3v) is 2.79. The number of benzene rings is 1. The second kappa shape index (κ2) is 3.50. The standard InChI is InChI=1S/C10H10BrNO/c1-7-6-10(13-12-7)8-4-2-3-5-9(8)11/h2-5,10H,6H2,1H3/t10-/m1/s1. The van der Waals surface area contributed by atoms with Crippen molar-refractivity contribution in [1.82, 2.24) is 0 Å². The van der Waals surface area contributed by atoms with Crippen LogP contribution in [0.15, 0.2) is 33.9 Å². The first-order chi connectivity index (χ1) is 6.27. The highest BCUT2D eigenvalue weighted by molar-refractivity contribution is 9.10. The van der Waals surface area contributed by atoms with Gasteiger partial charge in [-0.1, -0.05) is 39.3 Å². The van der Waals surface area contributed by atoms with Gasteiger partial charge in [0.1, 0.15) is 0 Å². The van der Waals surface area contributed by atoms with Gasteiger partial charge < -0.3 is 4.84 Å². The zero-order chi connectivity index (χ0) is 9.26. The normalized spacial score (nSPS) is 21.1. The molecule has 68 valence electrons. The van der Waals surface area contributed by atoms with Gasteiger partial charge in [-0.15, -0.1) is 0 Å². The molecule has 2 nitrogen and oxygen atoms in total. The Balaban J connectivity index is 2.23. The third kappa shape index (κ3) is 1.75. The second-order valence-corrected chi connectivity index (χ2v) is 4.00. The predicted molar refractivity (Wildman–Crippen MR) is 55.7 cm³/mol. The van der Waals surface area contributed by atoms with Crippen molar-refractivity contribution in [3.05, 3.63) is 34.3 Å². The Kier molecular flexibility index (Phi) is 2.36. The first kappa shape index (κ1) is 8.75. The van der Waals surface area contributed by atoms with Crippen LogP contribution in [0.1, 0.15) is 25.0 Å². The molecule has 0 amide bonds. The van der Waals surface area contributed by atoms with Gasteiger partial charge in [0.05, 0.1) is 5.71 Å². The predicted octanol–water partition coefficient (Wildman–Crippen LogP) is 3.29. The largest absolute Gasteiger partial charge is 0.387 e. The Bertz CT molecular complexity index is 349. The summed E-state index contributed by atoms with van der Waals surface area (Å²) >= 11 is 3.50. The molecule has 0 spiro atoms. The van der Waals surface area contributed by atoms with E-state index in [1.165, 1.54) is 5.56 Å². The molecule has 0 N–H and O–H groups in total. The summed E-state index contributed by atoms with van der Waals surface area (Å²) < 4.78 is 1.09. The fourth-order valence-corrected chi connectivity index (χ4v) is 1.94. The lowest BCUT2D eigenvalue weighted by Crippen LogP contribution is -1.98. The van der Waals surface area contributed by atoms with Crippen LogP contribution < -0.4 is 0 Å². The fourth-order valence-electron chi connectivity index (χ4n) is 1.40. The molecular formula is C10H10BrNO. The van der Waals surface area contributed by atoms with Crippen molar-refractivity contribution in [1.29, 1.82) is 0 Å². The summed E-state index contributed by atoms with van der Waals surface area (Å²) in [6, 6.07) is 8.09. The van der Waals surface area contributed by atoms with E-state index in [1.54, 1.807) is 0 Å². The van der Waals surface area contributed by atoms with Crippen LogP contribution >= 0.6 is 15.9 Å². The van der Waals surface area contributed by atoms with Crippen molar-refractivity contribution in [3.63, 3.8) is 0 Å². The van der Waals surface area contributed by atoms with Gasteiger partial charge in [-0.3, -0.25) is 0 Å². The Morgan fingerprint density at radius 1 is 1.46 bits per heavy atom. The molecule has 0 aromatic heterocycles. The molecule has 0 fully saturated rings. The average molecular weight is 240 g/mol. The zero-order valence-electron chi connectivity index (χ0n) is 7.33. The van der Waals surface area contributed by atoms with E-state index in [0.29, 0.717) is 0 Å². The van der Waals surface area contributed by atoms with Crippen LogP contribution in [-0.2, 0) is 4.84 Å². The Labute approximate surface area is 85.7 Å². The van der Waals surface area contributed by atoms with Crippen molar-refractivity contribution < 1.29 is 4.84 Å². The maximum atomic E-state index is 5.29. The first-order valence-electron chi connectivity index (χ1n) is 4.21. The van der Waals surface area contributed by atoms with Gasteiger partial charge in [-0.25, -0.2) is 0 Å². The molecule has 3 heteroatoms.